The van der Waals surface area contributed by atoms with Crippen LogP contribution in [0.25, 0.3) is 11.4 Å². The topological polar surface area (TPSA) is 80.9 Å². The first-order valence-electron chi connectivity index (χ1n) is 7.71. The minimum absolute atomic E-state index is 0.119. The molecule has 0 aliphatic heterocycles. The van der Waals surface area contributed by atoms with E-state index in [1.165, 1.54) is 0 Å². The first-order valence-corrected chi connectivity index (χ1v) is 7.71. The van der Waals surface area contributed by atoms with E-state index in [4.69, 9.17) is 4.52 Å². The summed E-state index contributed by atoms with van der Waals surface area (Å²) >= 11 is 0. The highest BCUT2D eigenvalue weighted by Crippen LogP contribution is 2.21. The average Bonchev–Trinajstić information content (AvgIpc) is 3.06. The van der Waals surface area contributed by atoms with Gasteiger partial charge in [-0.3, -0.25) is 9.78 Å². The second kappa shape index (κ2) is 7.04. The molecule has 0 saturated carbocycles. The van der Waals surface area contributed by atoms with Gasteiger partial charge in [0.25, 0.3) is 0 Å². The fourth-order valence-corrected chi connectivity index (χ4v) is 2.39. The number of carbonyl (C=O) groups is 1. The van der Waals surface area contributed by atoms with E-state index < -0.39 is 0 Å². The number of hydrogen-bond donors (Lipinski definition) is 1. The van der Waals surface area contributed by atoms with Crippen molar-refractivity contribution in [2.75, 3.05) is 0 Å². The zero-order chi connectivity index (χ0) is 16.9. The molecule has 2 aromatic heterocycles. The molecule has 0 aliphatic carbocycles. The molecule has 0 unspecified atom stereocenters. The summed E-state index contributed by atoms with van der Waals surface area (Å²) in [7, 11) is 0. The van der Waals surface area contributed by atoms with Gasteiger partial charge >= 0.3 is 0 Å². The van der Waals surface area contributed by atoms with Gasteiger partial charge in [0.1, 0.15) is 6.04 Å². The summed E-state index contributed by atoms with van der Waals surface area (Å²) in [6, 6.07) is 11.1. The normalized spacial score (nSPS) is 11.9. The molecule has 1 amide bonds. The van der Waals surface area contributed by atoms with Gasteiger partial charge in [-0.1, -0.05) is 35.5 Å². The smallest absolute Gasteiger partial charge is 0.249 e. The summed E-state index contributed by atoms with van der Waals surface area (Å²) < 4.78 is 5.30. The van der Waals surface area contributed by atoms with Crippen molar-refractivity contribution in [3.8, 4) is 11.4 Å². The van der Waals surface area contributed by atoms with Crippen LogP contribution in [0.4, 0.5) is 0 Å². The van der Waals surface area contributed by atoms with E-state index in [0.717, 1.165) is 16.7 Å². The number of benzene rings is 1. The highest BCUT2D eigenvalue weighted by molar-refractivity contribution is 5.78. The molecule has 122 valence electrons. The molecule has 24 heavy (non-hydrogen) atoms. The Morgan fingerprint density at radius 2 is 2.08 bits per heavy atom. The largest absolute Gasteiger partial charge is 0.344 e. The quantitative estimate of drug-likeness (QED) is 0.781. The first-order chi connectivity index (χ1) is 11.6. The molecule has 0 bridgehead atoms. The van der Waals surface area contributed by atoms with Gasteiger partial charge in [-0.15, -0.1) is 0 Å². The summed E-state index contributed by atoms with van der Waals surface area (Å²) in [6.45, 7) is 3.81. The lowest BCUT2D eigenvalue weighted by molar-refractivity contribution is -0.121. The van der Waals surface area contributed by atoms with Gasteiger partial charge < -0.3 is 9.84 Å². The maximum absolute atomic E-state index is 12.1. The molecule has 1 atom stereocenters. The monoisotopic (exact) mass is 322 g/mol. The Labute approximate surface area is 139 Å². The third-order valence-corrected chi connectivity index (χ3v) is 3.66. The predicted octanol–water partition coefficient (Wildman–Crippen LogP) is 2.86. The van der Waals surface area contributed by atoms with Crippen LogP contribution in [0.1, 0.15) is 30.0 Å². The van der Waals surface area contributed by atoms with Crippen molar-refractivity contribution in [1.29, 1.82) is 0 Å². The summed E-state index contributed by atoms with van der Waals surface area (Å²) in [5.41, 5.74) is 2.84. The van der Waals surface area contributed by atoms with E-state index in [9.17, 15) is 4.79 Å². The molecule has 0 aliphatic rings. The van der Waals surface area contributed by atoms with E-state index in [0.29, 0.717) is 11.7 Å². The highest BCUT2D eigenvalue weighted by atomic mass is 16.5. The van der Waals surface area contributed by atoms with Gasteiger partial charge in [0.05, 0.1) is 6.42 Å². The number of amides is 1. The van der Waals surface area contributed by atoms with Crippen molar-refractivity contribution >= 4 is 5.91 Å². The number of aryl methyl sites for hydroxylation is 1. The molecule has 6 nitrogen and oxygen atoms in total. The second-order valence-corrected chi connectivity index (χ2v) is 5.60. The van der Waals surface area contributed by atoms with Crippen LogP contribution < -0.4 is 5.32 Å². The minimum Gasteiger partial charge on any atom is -0.344 e. The standard InChI is InChI=1S/C18H18N4O2/c1-12-6-3-4-8-15(12)17-21-18(24-22-17)13(2)20-16(23)10-14-7-5-9-19-11-14/h3-9,11,13H,10H2,1-2H3,(H,20,23)/t13-/m1/s1. The van der Waals surface area contributed by atoms with Crippen molar-refractivity contribution in [2.45, 2.75) is 26.3 Å². The molecule has 2 heterocycles. The predicted molar refractivity (Wildman–Crippen MR) is 89.0 cm³/mol. The Balaban J connectivity index is 1.67. The second-order valence-electron chi connectivity index (χ2n) is 5.60. The summed E-state index contributed by atoms with van der Waals surface area (Å²) in [6.07, 6.45) is 3.61. The van der Waals surface area contributed by atoms with Crippen molar-refractivity contribution < 1.29 is 9.32 Å². The molecule has 3 aromatic rings. The molecule has 1 aromatic carbocycles. The van der Waals surface area contributed by atoms with Crippen LogP contribution in [0.2, 0.25) is 0 Å². The molecular formula is C18H18N4O2. The SMILES string of the molecule is Cc1ccccc1-c1noc([C@@H](C)NC(=O)Cc2cccnc2)n1. The number of aromatic nitrogens is 3. The number of nitrogens with one attached hydrogen (secondary N) is 1. The third kappa shape index (κ3) is 3.65. The van der Waals surface area contributed by atoms with Crippen LogP contribution in [0, 0.1) is 6.92 Å². The minimum atomic E-state index is -0.362. The Morgan fingerprint density at radius 1 is 1.25 bits per heavy atom. The van der Waals surface area contributed by atoms with Crippen molar-refractivity contribution in [3.63, 3.8) is 0 Å². The maximum Gasteiger partial charge on any atom is 0.249 e. The zero-order valence-corrected chi connectivity index (χ0v) is 13.6. The van der Waals surface area contributed by atoms with E-state index >= 15 is 0 Å². The Morgan fingerprint density at radius 3 is 2.83 bits per heavy atom. The Bertz CT molecular complexity index is 830. The van der Waals surface area contributed by atoms with Gasteiger partial charge in [0.15, 0.2) is 0 Å². The first kappa shape index (κ1) is 15.9. The van der Waals surface area contributed by atoms with Crippen LogP contribution in [-0.2, 0) is 11.2 Å². The number of pyridine rings is 1. The summed E-state index contributed by atoms with van der Waals surface area (Å²) in [5, 5.41) is 6.87. The van der Waals surface area contributed by atoms with Gasteiger partial charge in [-0.2, -0.15) is 4.98 Å². The third-order valence-electron chi connectivity index (χ3n) is 3.66. The van der Waals surface area contributed by atoms with Crippen LogP contribution in [0.5, 0.6) is 0 Å². The fraction of sp³-hybridized carbons (Fsp3) is 0.222. The average molecular weight is 322 g/mol. The summed E-state index contributed by atoms with van der Waals surface area (Å²) in [4.78, 5) is 20.5. The van der Waals surface area contributed by atoms with Gasteiger partial charge in [0.2, 0.25) is 17.6 Å². The van der Waals surface area contributed by atoms with Gasteiger partial charge in [0, 0.05) is 18.0 Å². The van der Waals surface area contributed by atoms with Crippen LogP contribution in [-0.4, -0.2) is 21.0 Å². The van der Waals surface area contributed by atoms with Crippen molar-refractivity contribution in [1.82, 2.24) is 20.4 Å². The number of hydrogen-bond acceptors (Lipinski definition) is 5. The van der Waals surface area contributed by atoms with E-state index in [2.05, 4.69) is 20.4 Å². The molecule has 3 rings (SSSR count). The summed E-state index contributed by atoms with van der Waals surface area (Å²) in [5.74, 6) is 0.787. The molecular weight excluding hydrogens is 304 g/mol. The maximum atomic E-state index is 12.1. The number of rotatable bonds is 5. The molecule has 0 saturated heterocycles. The van der Waals surface area contributed by atoms with Crippen molar-refractivity contribution in [2.24, 2.45) is 0 Å². The van der Waals surface area contributed by atoms with E-state index in [1.807, 2.05) is 44.2 Å². The van der Waals surface area contributed by atoms with Crippen molar-refractivity contribution in [3.05, 3.63) is 65.8 Å². The van der Waals surface area contributed by atoms with E-state index in [-0.39, 0.29) is 18.4 Å². The molecule has 0 spiro atoms. The van der Waals surface area contributed by atoms with Crippen LogP contribution in [0.3, 0.4) is 0 Å². The Kier molecular flexibility index (Phi) is 4.65. The Hall–Kier alpha value is -3.02. The van der Waals surface area contributed by atoms with E-state index in [1.54, 1.807) is 18.5 Å². The zero-order valence-electron chi connectivity index (χ0n) is 13.6. The van der Waals surface area contributed by atoms with Gasteiger partial charge in [-0.25, -0.2) is 0 Å². The van der Waals surface area contributed by atoms with Crippen LogP contribution >= 0.6 is 0 Å². The molecule has 0 fully saturated rings. The molecule has 1 N–H and O–H groups in total. The number of carbonyl (C=O) groups excluding carboxylic acids is 1. The molecule has 6 heteroatoms. The molecule has 0 radical (unpaired) electrons. The lowest BCUT2D eigenvalue weighted by Gasteiger charge is -2.09. The lowest BCUT2D eigenvalue weighted by atomic mass is 10.1. The van der Waals surface area contributed by atoms with Crippen LogP contribution in [0.15, 0.2) is 53.3 Å². The van der Waals surface area contributed by atoms with Gasteiger partial charge in [-0.05, 0) is 31.0 Å². The number of nitrogens with zero attached hydrogens (tertiary/aromatic N) is 3. The lowest BCUT2D eigenvalue weighted by Crippen LogP contribution is -2.28. The fourth-order valence-electron chi connectivity index (χ4n) is 2.39. The highest BCUT2D eigenvalue weighted by Gasteiger charge is 2.18.